The number of ether oxygens (including phenoxy) is 1. The minimum atomic E-state index is -3.19. The second-order valence-corrected chi connectivity index (χ2v) is 13.1. The van der Waals surface area contributed by atoms with Gasteiger partial charge in [0, 0.05) is 24.1 Å². The van der Waals surface area contributed by atoms with Crippen molar-refractivity contribution < 1.29 is 17.9 Å². The van der Waals surface area contributed by atoms with Crippen LogP contribution in [0.1, 0.15) is 65.2 Å². The zero-order valence-corrected chi connectivity index (χ0v) is 19.7. The lowest BCUT2D eigenvalue weighted by Gasteiger charge is -2.60. The highest BCUT2D eigenvalue weighted by molar-refractivity contribution is 7.90. The van der Waals surface area contributed by atoms with Gasteiger partial charge in [-0.1, -0.05) is 13.8 Å². The average Bonchev–Trinajstić information content (AvgIpc) is 3.04. The fourth-order valence-electron chi connectivity index (χ4n) is 7.78. The highest BCUT2D eigenvalue weighted by Crippen LogP contribution is 2.64. The molecule has 170 valence electrons. The standard InChI is InChI=1S/C25H35NO4S/c1-24-15-13-23(27)26-21(24)10-8-18-19-9-11-22(25(19,2)14-12-20(18)24)30-16-4-6-17(7-5-16)31(3,28)29/h4-7,18-22H,8-15H2,1-3H3,(H,26,27)/t18-,19-,20+,21?,22?,24+,25-/m0/s1. The first-order chi connectivity index (χ1) is 14.6. The molecule has 5 rings (SSSR count). The van der Waals surface area contributed by atoms with Gasteiger partial charge in [-0.2, -0.15) is 0 Å². The summed E-state index contributed by atoms with van der Waals surface area (Å²) in [5, 5.41) is 3.31. The zero-order valence-electron chi connectivity index (χ0n) is 18.9. The highest BCUT2D eigenvalue weighted by atomic mass is 32.2. The molecule has 4 fully saturated rings. The molecule has 1 aromatic rings. The Kier molecular flexibility index (Phi) is 4.96. The van der Waals surface area contributed by atoms with E-state index in [-0.39, 0.29) is 22.8 Å². The van der Waals surface area contributed by atoms with Crippen molar-refractivity contribution in [3.8, 4) is 5.75 Å². The van der Waals surface area contributed by atoms with Crippen molar-refractivity contribution in [2.45, 2.75) is 82.3 Å². The molecule has 1 amide bonds. The Morgan fingerprint density at radius 1 is 0.935 bits per heavy atom. The van der Waals surface area contributed by atoms with Crippen LogP contribution in [0, 0.1) is 28.6 Å². The smallest absolute Gasteiger partial charge is 0.220 e. The monoisotopic (exact) mass is 445 g/mol. The molecule has 1 heterocycles. The molecule has 0 radical (unpaired) electrons. The SMILES string of the molecule is C[C@]12CCC(=O)NC1CC[C@@H]1[C@H]2CC[C@]2(C)C(Oc3ccc(S(C)(=O)=O)cc3)CC[C@@H]12. The Balaban J connectivity index is 1.34. The lowest BCUT2D eigenvalue weighted by Crippen LogP contribution is -2.61. The number of hydrogen-bond acceptors (Lipinski definition) is 4. The van der Waals surface area contributed by atoms with Gasteiger partial charge in [-0.15, -0.1) is 0 Å². The van der Waals surface area contributed by atoms with Gasteiger partial charge in [0.15, 0.2) is 9.84 Å². The normalized spacial score (nSPS) is 42.2. The summed E-state index contributed by atoms with van der Waals surface area (Å²) in [6.07, 6.45) is 10.1. The van der Waals surface area contributed by atoms with Crippen molar-refractivity contribution in [3.05, 3.63) is 24.3 Å². The summed E-state index contributed by atoms with van der Waals surface area (Å²) in [6.45, 7) is 4.86. The summed E-state index contributed by atoms with van der Waals surface area (Å²) < 4.78 is 30.0. The third kappa shape index (κ3) is 3.40. The maximum atomic E-state index is 12.0. The van der Waals surface area contributed by atoms with Crippen LogP contribution < -0.4 is 10.1 Å². The lowest BCUT2D eigenvalue weighted by molar-refractivity contribution is -0.137. The number of rotatable bonds is 3. The molecular formula is C25H35NO4S. The quantitative estimate of drug-likeness (QED) is 0.750. The zero-order chi connectivity index (χ0) is 22.0. The third-order valence-corrected chi connectivity index (χ3v) is 10.7. The average molecular weight is 446 g/mol. The first-order valence-corrected chi connectivity index (χ1v) is 13.8. The molecule has 31 heavy (non-hydrogen) atoms. The van der Waals surface area contributed by atoms with Gasteiger partial charge in [0.2, 0.25) is 5.91 Å². The van der Waals surface area contributed by atoms with E-state index in [2.05, 4.69) is 19.2 Å². The molecule has 1 aromatic carbocycles. The summed E-state index contributed by atoms with van der Waals surface area (Å²) in [5.41, 5.74) is 0.399. The van der Waals surface area contributed by atoms with E-state index in [0.717, 1.165) is 30.9 Å². The minimum Gasteiger partial charge on any atom is -0.490 e. The Morgan fingerprint density at radius 2 is 1.65 bits per heavy atom. The summed E-state index contributed by atoms with van der Waals surface area (Å²) in [6, 6.07) is 7.25. The Bertz CT molecular complexity index is 974. The Morgan fingerprint density at radius 3 is 2.35 bits per heavy atom. The number of piperidine rings is 1. The molecule has 0 bridgehead atoms. The number of fused-ring (bicyclic) bond motifs is 5. The lowest BCUT2D eigenvalue weighted by atomic mass is 9.47. The van der Waals surface area contributed by atoms with Gasteiger partial charge in [-0.25, -0.2) is 8.42 Å². The van der Waals surface area contributed by atoms with Crippen LogP contribution in [0.15, 0.2) is 29.2 Å². The first kappa shape index (κ1) is 21.3. The van der Waals surface area contributed by atoms with Crippen molar-refractivity contribution in [2.24, 2.45) is 28.6 Å². The summed E-state index contributed by atoms with van der Waals surface area (Å²) in [4.78, 5) is 12.3. The number of hydrogen-bond donors (Lipinski definition) is 1. The summed E-state index contributed by atoms with van der Waals surface area (Å²) >= 11 is 0. The van der Waals surface area contributed by atoms with Gasteiger partial charge in [-0.3, -0.25) is 4.79 Å². The van der Waals surface area contributed by atoms with Gasteiger partial charge in [0.25, 0.3) is 0 Å². The number of carbonyl (C=O) groups excluding carboxylic acids is 1. The second-order valence-electron chi connectivity index (χ2n) is 11.1. The maximum Gasteiger partial charge on any atom is 0.220 e. The number of carbonyl (C=O) groups is 1. The van der Waals surface area contributed by atoms with E-state index in [0.29, 0.717) is 29.2 Å². The molecule has 2 unspecified atom stereocenters. The predicted octanol–water partition coefficient (Wildman–Crippen LogP) is 4.36. The van der Waals surface area contributed by atoms with E-state index in [1.165, 1.54) is 31.9 Å². The van der Waals surface area contributed by atoms with Crippen molar-refractivity contribution in [1.82, 2.24) is 5.32 Å². The largest absolute Gasteiger partial charge is 0.490 e. The molecule has 5 nitrogen and oxygen atoms in total. The maximum absolute atomic E-state index is 12.0. The van der Waals surface area contributed by atoms with Gasteiger partial charge >= 0.3 is 0 Å². The minimum absolute atomic E-state index is 0.164. The van der Waals surface area contributed by atoms with E-state index in [9.17, 15) is 13.2 Å². The molecule has 6 heteroatoms. The number of amides is 1. The summed E-state index contributed by atoms with van der Waals surface area (Å²) in [5.74, 6) is 3.08. The molecule has 1 N–H and O–H groups in total. The van der Waals surface area contributed by atoms with E-state index in [1.54, 1.807) is 24.3 Å². The van der Waals surface area contributed by atoms with Crippen LogP contribution in [-0.4, -0.2) is 32.7 Å². The Hall–Kier alpha value is -1.56. The number of sulfone groups is 1. The Labute approximate surface area is 186 Å². The van der Waals surface area contributed by atoms with E-state index < -0.39 is 9.84 Å². The van der Waals surface area contributed by atoms with Gasteiger partial charge in [0.05, 0.1) is 4.90 Å². The predicted molar refractivity (Wildman–Crippen MR) is 120 cm³/mol. The third-order valence-electron chi connectivity index (χ3n) is 9.54. The van der Waals surface area contributed by atoms with E-state index in [1.807, 2.05) is 0 Å². The highest BCUT2D eigenvalue weighted by Gasteiger charge is 2.61. The molecule has 1 aliphatic heterocycles. The molecule has 0 aromatic heterocycles. The fourth-order valence-corrected chi connectivity index (χ4v) is 8.41. The first-order valence-electron chi connectivity index (χ1n) is 11.9. The van der Waals surface area contributed by atoms with Crippen LogP contribution in [0.25, 0.3) is 0 Å². The fraction of sp³-hybridized carbons (Fsp3) is 0.720. The van der Waals surface area contributed by atoms with Gasteiger partial charge in [0.1, 0.15) is 11.9 Å². The van der Waals surface area contributed by atoms with Crippen molar-refractivity contribution >= 4 is 15.7 Å². The summed E-state index contributed by atoms with van der Waals surface area (Å²) in [7, 11) is -3.19. The van der Waals surface area contributed by atoms with Crippen LogP contribution >= 0.6 is 0 Å². The van der Waals surface area contributed by atoms with E-state index in [4.69, 9.17) is 4.74 Å². The molecule has 4 aliphatic rings. The van der Waals surface area contributed by atoms with Crippen LogP contribution in [0.3, 0.4) is 0 Å². The van der Waals surface area contributed by atoms with Gasteiger partial charge < -0.3 is 10.1 Å². The van der Waals surface area contributed by atoms with Crippen LogP contribution in [-0.2, 0) is 14.6 Å². The molecule has 1 saturated heterocycles. The molecule has 0 spiro atoms. The second kappa shape index (κ2) is 7.23. The van der Waals surface area contributed by atoms with Crippen molar-refractivity contribution in [1.29, 1.82) is 0 Å². The molecular weight excluding hydrogens is 410 g/mol. The number of benzene rings is 1. The van der Waals surface area contributed by atoms with Crippen molar-refractivity contribution in [2.75, 3.05) is 6.26 Å². The van der Waals surface area contributed by atoms with Gasteiger partial charge in [-0.05, 0) is 92.4 Å². The van der Waals surface area contributed by atoms with Crippen LogP contribution in [0.2, 0.25) is 0 Å². The molecule has 3 saturated carbocycles. The van der Waals surface area contributed by atoms with E-state index >= 15 is 0 Å². The topological polar surface area (TPSA) is 72.5 Å². The van der Waals surface area contributed by atoms with Crippen molar-refractivity contribution in [3.63, 3.8) is 0 Å². The molecule has 3 aliphatic carbocycles. The molecule has 7 atom stereocenters. The van der Waals surface area contributed by atoms with Crippen LogP contribution in [0.5, 0.6) is 5.75 Å². The van der Waals surface area contributed by atoms with Crippen LogP contribution in [0.4, 0.5) is 0 Å². The number of nitrogens with one attached hydrogen (secondary N) is 1.